The van der Waals surface area contributed by atoms with E-state index in [1.165, 1.54) is 11.3 Å². The largest absolute Gasteiger partial charge is 0.368 e. The van der Waals surface area contributed by atoms with Crippen LogP contribution in [-0.4, -0.2) is 54.6 Å². The van der Waals surface area contributed by atoms with Crippen LogP contribution in [0.4, 0.5) is 0 Å². The molecule has 180 valence electrons. The number of carbonyl (C=O) groups is 2. The summed E-state index contributed by atoms with van der Waals surface area (Å²) in [5.74, 6) is -0.838. The number of halogens is 1. The van der Waals surface area contributed by atoms with Crippen LogP contribution >= 0.6 is 22.9 Å². The zero-order chi connectivity index (χ0) is 24.3. The Morgan fingerprint density at radius 3 is 2.56 bits per heavy atom. The van der Waals surface area contributed by atoms with E-state index in [9.17, 15) is 18.0 Å². The Hall–Kier alpha value is -2.69. The summed E-state index contributed by atoms with van der Waals surface area (Å²) in [6, 6.07) is 10.2. The number of thiazole rings is 1. The Labute approximate surface area is 206 Å². The van der Waals surface area contributed by atoms with Crippen LogP contribution in [0, 0.1) is 0 Å². The van der Waals surface area contributed by atoms with Crippen molar-refractivity contribution in [1.82, 2.24) is 9.47 Å². The second-order valence-corrected chi connectivity index (χ2v) is 11.7. The number of benzene rings is 2. The third-order valence-corrected chi connectivity index (χ3v) is 8.57. The lowest BCUT2D eigenvalue weighted by Gasteiger charge is -2.30. The highest BCUT2D eigenvalue weighted by Crippen LogP contribution is 2.24. The quantitative estimate of drug-likeness (QED) is 0.515. The number of fused-ring (bicyclic) bond motifs is 1. The molecule has 1 aliphatic heterocycles. The topological polar surface area (TPSA) is 115 Å². The summed E-state index contributed by atoms with van der Waals surface area (Å²) in [6.45, 7) is 1.12. The fraction of sp³-hybridized carbons (Fsp3) is 0.348. The lowest BCUT2D eigenvalue weighted by molar-refractivity contribution is -0.131. The zero-order valence-corrected chi connectivity index (χ0v) is 20.8. The van der Waals surface area contributed by atoms with Gasteiger partial charge in [-0.15, -0.1) is 11.3 Å². The van der Waals surface area contributed by atoms with Crippen LogP contribution in [0.5, 0.6) is 0 Å². The summed E-state index contributed by atoms with van der Waals surface area (Å²) in [7, 11) is -3.59. The molecular weight excluding hydrogens is 496 g/mol. The lowest BCUT2D eigenvalue weighted by Crippen LogP contribution is -2.40. The molecular formula is C23H25ClN4O4S2. The van der Waals surface area contributed by atoms with Gasteiger partial charge in [-0.05, 0) is 47.9 Å². The Morgan fingerprint density at radius 1 is 1.12 bits per heavy atom. The van der Waals surface area contributed by atoms with Gasteiger partial charge in [0.1, 0.15) is 6.54 Å². The summed E-state index contributed by atoms with van der Waals surface area (Å²) in [5, 5.41) is 4.08. The van der Waals surface area contributed by atoms with E-state index in [4.69, 9.17) is 22.3 Å². The Kier molecular flexibility index (Phi) is 7.39. The molecule has 0 bridgehead atoms. The average molecular weight is 521 g/mol. The van der Waals surface area contributed by atoms with Gasteiger partial charge in [0.05, 0.1) is 16.7 Å². The molecule has 4 rings (SSSR count). The van der Waals surface area contributed by atoms with Gasteiger partial charge in [0.25, 0.3) is 0 Å². The second kappa shape index (κ2) is 10.3. The van der Waals surface area contributed by atoms with Crippen molar-refractivity contribution >= 4 is 55.4 Å². The van der Waals surface area contributed by atoms with Gasteiger partial charge in [-0.1, -0.05) is 23.7 Å². The van der Waals surface area contributed by atoms with Gasteiger partial charge in [0, 0.05) is 36.1 Å². The second-order valence-electron chi connectivity index (χ2n) is 8.24. The molecule has 1 fully saturated rings. The van der Waals surface area contributed by atoms with Gasteiger partial charge in [-0.25, -0.2) is 8.42 Å². The van der Waals surface area contributed by atoms with Crippen molar-refractivity contribution in [2.24, 2.45) is 10.7 Å². The van der Waals surface area contributed by atoms with Crippen molar-refractivity contribution in [2.75, 3.05) is 18.8 Å². The van der Waals surface area contributed by atoms with Crippen LogP contribution in [0.3, 0.4) is 0 Å². The number of nitrogens with two attached hydrogens (primary N) is 1. The smallest absolute Gasteiger partial charge is 0.237 e. The first kappa shape index (κ1) is 24.4. The molecule has 0 unspecified atom stereocenters. The van der Waals surface area contributed by atoms with Crippen molar-refractivity contribution in [2.45, 2.75) is 36.7 Å². The number of rotatable bonds is 7. The minimum Gasteiger partial charge on any atom is -0.368 e. The maximum atomic E-state index is 12.8. The highest BCUT2D eigenvalue weighted by atomic mass is 35.5. The first-order chi connectivity index (χ1) is 16.2. The Balaban J connectivity index is 1.33. The molecule has 34 heavy (non-hydrogen) atoms. The molecule has 1 saturated heterocycles. The molecule has 0 atom stereocenters. The molecule has 2 aromatic carbocycles. The molecule has 3 aromatic rings. The molecule has 8 nitrogen and oxygen atoms in total. The van der Waals surface area contributed by atoms with E-state index in [0.717, 1.165) is 15.6 Å². The average Bonchev–Trinajstić information content (AvgIpc) is 3.23. The molecule has 11 heteroatoms. The standard InChI is InChI=1S/C23H25ClN4O4S2/c24-18-3-1-17-14-20(4-2-16(17)13-18)34(31,32)12-7-22(30)27-8-5-19(6-9-27)26-23-28(10-11-33-23)15-21(25)29/h1-4,10-11,13-14,19H,5-9,12,15H2,(H2,25,29). The lowest BCUT2D eigenvalue weighted by atomic mass is 10.1. The fourth-order valence-corrected chi connectivity index (χ4v) is 6.22. The van der Waals surface area contributed by atoms with Crippen molar-refractivity contribution in [3.05, 3.63) is 57.8 Å². The summed E-state index contributed by atoms with van der Waals surface area (Å²) >= 11 is 7.43. The number of hydrogen-bond donors (Lipinski definition) is 1. The maximum absolute atomic E-state index is 12.8. The molecule has 2 amide bonds. The number of primary amides is 1. The number of likely N-dealkylation sites (tertiary alicyclic amines) is 1. The minimum atomic E-state index is -3.59. The van der Waals surface area contributed by atoms with E-state index in [1.807, 2.05) is 5.38 Å². The van der Waals surface area contributed by atoms with Gasteiger partial charge in [-0.2, -0.15) is 0 Å². The Morgan fingerprint density at radius 2 is 1.82 bits per heavy atom. The van der Waals surface area contributed by atoms with Gasteiger partial charge in [0.2, 0.25) is 11.8 Å². The SMILES string of the molecule is NC(=O)Cn1ccsc1=NC1CCN(C(=O)CCS(=O)(=O)c2ccc3cc(Cl)ccc3c2)CC1. The minimum absolute atomic E-state index is 0.0386. The van der Waals surface area contributed by atoms with Crippen LogP contribution in [0.1, 0.15) is 19.3 Å². The summed E-state index contributed by atoms with van der Waals surface area (Å²) in [6.07, 6.45) is 3.07. The number of hydrogen-bond acceptors (Lipinski definition) is 6. The number of nitrogens with zero attached hydrogens (tertiary/aromatic N) is 3. The van der Waals surface area contributed by atoms with Gasteiger partial charge in [0.15, 0.2) is 14.6 Å². The van der Waals surface area contributed by atoms with E-state index in [-0.39, 0.29) is 35.6 Å². The third-order valence-electron chi connectivity index (χ3n) is 5.81. The fourth-order valence-electron chi connectivity index (χ4n) is 3.98. The number of piperidine rings is 1. The highest BCUT2D eigenvalue weighted by molar-refractivity contribution is 7.91. The molecule has 1 aromatic heterocycles. The summed E-state index contributed by atoms with van der Waals surface area (Å²) in [5.41, 5.74) is 5.27. The van der Waals surface area contributed by atoms with Crippen LogP contribution < -0.4 is 10.5 Å². The van der Waals surface area contributed by atoms with Crippen LogP contribution in [-0.2, 0) is 26.0 Å². The van der Waals surface area contributed by atoms with E-state index in [1.54, 1.807) is 52.1 Å². The van der Waals surface area contributed by atoms with Crippen molar-refractivity contribution in [1.29, 1.82) is 0 Å². The zero-order valence-electron chi connectivity index (χ0n) is 18.4. The van der Waals surface area contributed by atoms with Crippen molar-refractivity contribution in [3.8, 4) is 0 Å². The molecule has 0 radical (unpaired) electrons. The third kappa shape index (κ3) is 5.86. The molecule has 1 aliphatic rings. The highest BCUT2D eigenvalue weighted by Gasteiger charge is 2.24. The molecule has 2 heterocycles. The number of aromatic nitrogens is 1. The number of amides is 2. The maximum Gasteiger partial charge on any atom is 0.237 e. The van der Waals surface area contributed by atoms with Crippen LogP contribution in [0.15, 0.2) is 57.9 Å². The monoisotopic (exact) mass is 520 g/mol. The van der Waals surface area contributed by atoms with Crippen LogP contribution in [0.25, 0.3) is 10.8 Å². The molecule has 0 spiro atoms. The Bertz CT molecular complexity index is 1390. The normalized spacial score (nSPS) is 15.7. The molecule has 0 aliphatic carbocycles. The predicted octanol–water partition coefficient (Wildman–Crippen LogP) is 2.60. The first-order valence-electron chi connectivity index (χ1n) is 10.9. The van der Waals surface area contributed by atoms with Gasteiger partial charge >= 0.3 is 0 Å². The van der Waals surface area contributed by atoms with E-state index < -0.39 is 15.7 Å². The van der Waals surface area contributed by atoms with E-state index >= 15 is 0 Å². The van der Waals surface area contributed by atoms with E-state index in [2.05, 4.69) is 0 Å². The molecule has 0 saturated carbocycles. The number of carbonyl (C=O) groups excluding carboxylic acids is 2. The summed E-state index contributed by atoms with van der Waals surface area (Å²) < 4.78 is 27.4. The van der Waals surface area contributed by atoms with Crippen molar-refractivity contribution < 1.29 is 18.0 Å². The van der Waals surface area contributed by atoms with Gasteiger partial charge < -0.3 is 15.2 Å². The predicted molar refractivity (Wildman–Crippen MR) is 132 cm³/mol. The van der Waals surface area contributed by atoms with Gasteiger partial charge in [-0.3, -0.25) is 14.6 Å². The summed E-state index contributed by atoms with van der Waals surface area (Å²) in [4.78, 5) is 31.2. The number of sulfone groups is 1. The van der Waals surface area contributed by atoms with Crippen molar-refractivity contribution in [3.63, 3.8) is 0 Å². The molecule has 2 N–H and O–H groups in total. The first-order valence-corrected chi connectivity index (χ1v) is 13.8. The van der Waals surface area contributed by atoms with E-state index in [0.29, 0.717) is 31.0 Å². The van der Waals surface area contributed by atoms with Crippen LogP contribution in [0.2, 0.25) is 5.02 Å².